The van der Waals surface area contributed by atoms with E-state index >= 15 is 0 Å². The Balaban J connectivity index is 1.96. The maximum Gasteiger partial charge on any atom is 0.129 e. The van der Waals surface area contributed by atoms with Crippen molar-refractivity contribution in [3.05, 3.63) is 41.2 Å². The van der Waals surface area contributed by atoms with Gasteiger partial charge in [-0.05, 0) is 32.9 Å². The first-order chi connectivity index (χ1) is 10.1. The third-order valence-corrected chi connectivity index (χ3v) is 4.27. The molecule has 0 spiro atoms. The number of aromatic amines is 1. The van der Waals surface area contributed by atoms with Crippen molar-refractivity contribution >= 4 is 5.69 Å². The lowest BCUT2D eigenvalue weighted by atomic mass is 10.2. The molecule has 0 radical (unpaired) electrons. The van der Waals surface area contributed by atoms with Crippen LogP contribution in [0, 0.1) is 20.8 Å². The van der Waals surface area contributed by atoms with Gasteiger partial charge in [-0.3, -0.25) is 4.98 Å². The minimum Gasteiger partial charge on any atom is -0.380 e. The van der Waals surface area contributed by atoms with E-state index in [4.69, 9.17) is 9.72 Å². The van der Waals surface area contributed by atoms with Gasteiger partial charge in [0.05, 0.1) is 17.8 Å². The number of hydrogen-bond donors (Lipinski definition) is 1. The van der Waals surface area contributed by atoms with Gasteiger partial charge < -0.3 is 14.6 Å². The molecule has 2 aromatic rings. The normalized spacial score (nSPS) is 22.0. The molecule has 0 unspecified atom stereocenters. The van der Waals surface area contributed by atoms with Gasteiger partial charge in [0, 0.05) is 43.3 Å². The number of nitrogens with one attached hydrogen (secondary N) is 1. The maximum absolute atomic E-state index is 5.58. The molecule has 5 nitrogen and oxygen atoms in total. The van der Waals surface area contributed by atoms with Gasteiger partial charge in [-0.2, -0.15) is 0 Å². The van der Waals surface area contributed by atoms with Crippen molar-refractivity contribution in [3.8, 4) is 0 Å². The Hall–Kier alpha value is -1.88. The molecule has 1 N–H and O–H groups in total. The number of aryl methyl sites for hydroxylation is 3. The van der Waals surface area contributed by atoms with Crippen LogP contribution in [0.1, 0.15) is 35.4 Å². The second-order valence-electron chi connectivity index (χ2n) is 5.75. The molecule has 1 aliphatic rings. The molecule has 0 aliphatic carbocycles. The first-order valence-electron chi connectivity index (χ1n) is 7.33. The molecule has 0 amide bonds. The van der Waals surface area contributed by atoms with Crippen LogP contribution in [0.2, 0.25) is 0 Å². The summed E-state index contributed by atoms with van der Waals surface area (Å²) in [6, 6.07) is 4.40. The number of pyridine rings is 1. The summed E-state index contributed by atoms with van der Waals surface area (Å²) >= 11 is 0. The molecule has 1 saturated heterocycles. The molecule has 3 rings (SSSR count). The fourth-order valence-corrected chi connectivity index (χ4v) is 2.95. The monoisotopic (exact) mass is 286 g/mol. The van der Waals surface area contributed by atoms with Crippen molar-refractivity contribution in [2.45, 2.75) is 39.3 Å². The van der Waals surface area contributed by atoms with Gasteiger partial charge in [-0.1, -0.05) is 0 Å². The second kappa shape index (κ2) is 5.48. The molecule has 0 aromatic carbocycles. The number of aromatic nitrogens is 3. The van der Waals surface area contributed by atoms with E-state index in [1.165, 1.54) is 5.69 Å². The number of hydrogen-bond acceptors (Lipinski definition) is 4. The van der Waals surface area contributed by atoms with Crippen LogP contribution in [0.15, 0.2) is 18.3 Å². The van der Waals surface area contributed by atoms with E-state index in [1.54, 1.807) is 7.11 Å². The van der Waals surface area contributed by atoms with E-state index < -0.39 is 0 Å². The van der Waals surface area contributed by atoms with Crippen molar-refractivity contribution in [2.24, 2.45) is 0 Å². The summed E-state index contributed by atoms with van der Waals surface area (Å²) in [5.41, 5.74) is 4.41. The van der Waals surface area contributed by atoms with Crippen LogP contribution in [0.25, 0.3) is 0 Å². The van der Waals surface area contributed by atoms with Crippen LogP contribution in [0.5, 0.6) is 0 Å². The highest BCUT2D eigenvalue weighted by atomic mass is 16.5. The number of imidazole rings is 1. The summed E-state index contributed by atoms with van der Waals surface area (Å²) < 4.78 is 5.58. The number of nitrogens with zero attached hydrogens (tertiary/aromatic N) is 3. The summed E-state index contributed by atoms with van der Waals surface area (Å²) in [5.74, 6) is 1.03. The zero-order valence-electron chi connectivity index (χ0n) is 13.1. The SMILES string of the molecule is CO[C@@H]1C[C@@H](c2nc(C)c(C)[nH]2)N(c2ccnc(C)c2)C1. The van der Waals surface area contributed by atoms with E-state index in [0.717, 1.165) is 35.9 Å². The topological polar surface area (TPSA) is 54.0 Å². The summed E-state index contributed by atoms with van der Waals surface area (Å²) in [5, 5.41) is 0. The lowest BCUT2D eigenvalue weighted by molar-refractivity contribution is 0.118. The average Bonchev–Trinajstić information content (AvgIpc) is 3.03. The summed E-state index contributed by atoms with van der Waals surface area (Å²) in [6.07, 6.45) is 3.04. The number of H-pyrrole nitrogens is 1. The zero-order chi connectivity index (χ0) is 15.0. The molecule has 0 bridgehead atoms. The van der Waals surface area contributed by atoms with E-state index in [-0.39, 0.29) is 12.1 Å². The van der Waals surface area contributed by atoms with Gasteiger partial charge in [-0.25, -0.2) is 4.98 Å². The van der Waals surface area contributed by atoms with Crippen molar-refractivity contribution in [2.75, 3.05) is 18.6 Å². The number of ether oxygens (including phenoxy) is 1. The van der Waals surface area contributed by atoms with Crippen molar-refractivity contribution in [1.29, 1.82) is 0 Å². The number of rotatable bonds is 3. The van der Waals surface area contributed by atoms with Crippen LogP contribution in [-0.4, -0.2) is 34.7 Å². The molecule has 112 valence electrons. The first kappa shape index (κ1) is 14.1. The van der Waals surface area contributed by atoms with E-state index in [2.05, 4.69) is 33.9 Å². The molecule has 0 saturated carbocycles. The van der Waals surface area contributed by atoms with Crippen LogP contribution >= 0.6 is 0 Å². The Morgan fingerprint density at radius 3 is 2.76 bits per heavy atom. The number of methoxy groups -OCH3 is 1. The summed E-state index contributed by atoms with van der Waals surface area (Å²) in [4.78, 5) is 14.8. The number of anilines is 1. The van der Waals surface area contributed by atoms with Gasteiger partial charge >= 0.3 is 0 Å². The van der Waals surface area contributed by atoms with E-state index in [0.29, 0.717) is 0 Å². The highest BCUT2D eigenvalue weighted by molar-refractivity contribution is 5.49. The van der Waals surface area contributed by atoms with Gasteiger partial charge in [0.2, 0.25) is 0 Å². The van der Waals surface area contributed by atoms with Crippen LogP contribution in [0.4, 0.5) is 5.69 Å². The summed E-state index contributed by atoms with van der Waals surface area (Å²) in [6.45, 7) is 7.00. The summed E-state index contributed by atoms with van der Waals surface area (Å²) in [7, 11) is 1.78. The van der Waals surface area contributed by atoms with Gasteiger partial charge in [0.25, 0.3) is 0 Å². The Bertz CT molecular complexity index is 617. The van der Waals surface area contributed by atoms with Crippen LogP contribution < -0.4 is 4.90 Å². The molecular weight excluding hydrogens is 264 g/mol. The highest BCUT2D eigenvalue weighted by Crippen LogP contribution is 2.36. The van der Waals surface area contributed by atoms with Crippen molar-refractivity contribution in [1.82, 2.24) is 15.0 Å². The third-order valence-electron chi connectivity index (χ3n) is 4.27. The lowest BCUT2D eigenvalue weighted by Gasteiger charge is -2.25. The highest BCUT2D eigenvalue weighted by Gasteiger charge is 2.35. The molecule has 2 atom stereocenters. The molecule has 1 aliphatic heterocycles. The van der Waals surface area contributed by atoms with Gasteiger partial charge in [-0.15, -0.1) is 0 Å². The Kier molecular flexibility index (Phi) is 3.68. The van der Waals surface area contributed by atoms with Crippen molar-refractivity contribution in [3.63, 3.8) is 0 Å². The Morgan fingerprint density at radius 1 is 1.33 bits per heavy atom. The zero-order valence-corrected chi connectivity index (χ0v) is 13.1. The third kappa shape index (κ3) is 2.65. The molecule has 1 fully saturated rings. The quantitative estimate of drug-likeness (QED) is 0.942. The maximum atomic E-state index is 5.58. The van der Waals surface area contributed by atoms with Gasteiger partial charge in [0.15, 0.2) is 0 Å². The fraction of sp³-hybridized carbons (Fsp3) is 0.500. The molecule has 2 aromatic heterocycles. The molecule has 5 heteroatoms. The smallest absolute Gasteiger partial charge is 0.129 e. The Labute approximate surface area is 125 Å². The average molecular weight is 286 g/mol. The first-order valence-corrected chi connectivity index (χ1v) is 7.33. The van der Waals surface area contributed by atoms with E-state index in [1.807, 2.05) is 20.0 Å². The minimum absolute atomic E-state index is 0.226. The standard InChI is InChI=1S/C16H22N4O/c1-10-7-13(5-6-17-10)20-9-14(21-4)8-15(20)16-18-11(2)12(3)19-16/h5-7,14-15H,8-9H2,1-4H3,(H,18,19)/t14-,15+/m1/s1. The Morgan fingerprint density at radius 2 is 2.14 bits per heavy atom. The van der Waals surface area contributed by atoms with Gasteiger partial charge in [0.1, 0.15) is 5.82 Å². The lowest BCUT2D eigenvalue weighted by Crippen LogP contribution is -2.25. The van der Waals surface area contributed by atoms with Crippen LogP contribution in [0.3, 0.4) is 0 Å². The minimum atomic E-state index is 0.226. The second-order valence-corrected chi connectivity index (χ2v) is 5.75. The molecule has 3 heterocycles. The molecular formula is C16H22N4O. The van der Waals surface area contributed by atoms with Crippen LogP contribution in [-0.2, 0) is 4.74 Å². The molecule has 21 heavy (non-hydrogen) atoms. The van der Waals surface area contributed by atoms with Crippen molar-refractivity contribution < 1.29 is 4.74 Å². The predicted octanol–water partition coefficient (Wildman–Crippen LogP) is 2.70. The fourth-order valence-electron chi connectivity index (χ4n) is 2.95. The largest absolute Gasteiger partial charge is 0.380 e. The van der Waals surface area contributed by atoms with E-state index in [9.17, 15) is 0 Å². The predicted molar refractivity (Wildman–Crippen MR) is 82.5 cm³/mol.